The fourth-order valence-electron chi connectivity index (χ4n) is 6.12. The van der Waals surface area contributed by atoms with E-state index < -0.39 is 0 Å². The van der Waals surface area contributed by atoms with E-state index in [-0.39, 0.29) is 17.8 Å². The second-order valence-electron chi connectivity index (χ2n) is 15.6. The van der Waals surface area contributed by atoms with Gasteiger partial charge in [0.1, 0.15) is 5.82 Å². The number of unbranched alkanes of at least 4 members (excludes halogenated alkanes) is 2. The summed E-state index contributed by atoms with van der Waals surface area (Å²) in [4.78, 5) is 25.0. The molecule has 0 radical (unpaired) electrons. The van der Waals surface area contributed by atoms with E-state index in [1.54, 1.807) is 6.07 Å². The smallest absolute Gasteiger partial charge is 0.239 e. The molecule has 0 aliphatic heterocycles. The molecule has 0 saturated heterocycles. The minimum atomic E-state index is -0.0631. The van der Waals surface area contributed by atoms with Gasteiger partial charge >= 0.3 is 0 Å². The summed E-state index contributed by atoms with van der Waals surface area (Å²) in [5, 5.41) is 12.7. The fraction of sp³-hybridized carbons (Fsp3) is 0.673. The van der Waals surface area contributed by atoms with Gasteiger partial charge in [-0.15, -0.1) is 0 Å². The highest BCUT2D eigenvalue weighted by molar-refractivity contribution is 5.78. The van der Waals surface area contributed by atoms with Gasteiger partial charge in [-0.3, -0.25) is 9.59 Å². The molecule has 3 atom stereocenters. The predicted molar refractivity (Wildman–Crippen MR) is 246 cm³/mol. The van der Waals surface area contributed by atoms with Crippen LogP contribution in [0.2, 0.25) is 0 Å². The molecule has 2 amide bonds. The third-order valence-electron chi connectivity index (χ3n) is 9.22. The highest BCUT2D eigenvalue weighted by Crippen LogP contribution is 2.15. The van der Waals surface area contributed by atoms with Gasteiger partial charge in [0.15, 0.2) is 0 Å². The molecule has 0 fully saturated rings. The molecule has 4 N–H and O–H groups in total. The number of aryl methyl sites for hydroxylation is 3. The molecular weight excluding hydrogens is 710 g/mol. The largest absolute Gasteiger partial charge is 0.379 e. The lowest BCUT2D eigenvalue weighted by Crippen LogP contribution is -2.45. The van der Waals surface area contributed by atoms with Crippen molar-refractivity contribution < 1.29 is 14.0 Å². The van der Waals surface area contributed by atoms with Gasteiger partial charge in [-0.2, -0.15) is 0 Å². The quantitative estimate of drug-likeness (QED) is 0.0563. The molecule has 0 spiro atoms. The SMILES string of the molecule is CC/C=C(/CN[C@@H](C)CC)NCC(=O)NC(C)CN(CCC)CCCCC.CCC.CCCc1ccc(C)cc1F.CCCc1ccccc1CC(C)CNC=O. The third-order valence-corrected chi connectivity index (χ3v) is 9.22. The molecule has 0 aliphatic carbocycles. The third kappa shape index (κ3) is 31.4. The van der Waals surface area contributed by atoms with Crippen molar-refractivity contribution in [3.8, 4) is 0 Å². The van der Waals surface area contributed by atoms with Crippen LogP contribution in [0.5, 0.6) is 0 Å². The van der Waals surface area contributed by atoms with E-state index in [2.05, 4.69) is 133 Å². The molecule has 2 aromatic carbocycles. The second-order valence-corrected chi connectivity index (χ2v) is 15.6. The Morgan fingerprint density at radius 1 is 0.789 bits per heavy atom. The van der Waals surface area contributed by atoms with Crippen molar-refractivity contribution in [2.24, 2.45) is 5.92 Å². The Morgan fingerprint density at radius 2 is 1.44 bits per heavy atom. The minimum Gasteiger partial charge on any atom is -0.379 e. The van der Waals surface area contributed by atoms with Crippen LogP contribution in [0.25, 0.3) is 0 Å². The van der Waals surface area contributed by atoms with Crippen molar-refractivity contribution in [3.63, 3.8) is 0 Å². The molecule has 0 aromatic heterocycles. The maximum atomic E-state index is 13.0. The number of allylic oxidation sites excluding steroid dienone is 1. The predicted octanol–water partition coefficient (Wildman–Crippen LogP) is 10.7. The van der Waals surface area contributed by atoms with Crippen LogP contribution >= 0.6 is 0 Å². The summed E-state index contributed by atoms with van der Waals surface area (Å²) in [6.45, 7) is 30.6. The lowest BCUT2D eigenvalue weighted by atomic mass is 9.95. The van der Waals surface area contributed by atoms with Crippen LogP contribution in [0.4, 0.5) is 4.39 Å². The van der Waals surface area contributed by atoms with Gasteiger partial charge in [-0.1, -0.05) is 137 Å². The normalized spacial score (nSPS) is 12.4. The molecule has 0 bridgehead atoms. The lowest BCUT2D eigenvalue weighted by Gasteiger charge is -2.26. The molecule has 0 heterocycles. The highest BCUT2D eigenvalue weighted by Gasteiger charge is 2.13. The number of benzene rings is 2. The van der Waals surface area contributed by atoms with Crippen molar-refractivity contribution in [2.45, 2.75) is 172 Å². The Bertz CT molecular complexity index is 1290. The van der Waals surface area contributed by atoms with E-state index in [1.807, 2.05) is 19.1 Å². The van der Waals surface area contributed by atoms with E-state index in [0.29, 0.717) is 18.5 Å². The number of rotatable bonds is 26. The van der Waals surface area contributed by atoms with E-state index >= 15 is 0 Å². The van der Waals surface area contributed by atoms with Gasteiger partial charge in [0.25, 0.3) is 0 Å². The summed E-state index contributed by atoms with van der Waals surface area (Å²) in [5.74, 6) is 0.494. The molecule has 2 aromatic rings. The maximum absolute atomic E-state index is 13.0. The van der Waals surface area contributed by atoms with E-state index in [4.69, 9.17) is 0 Å². The number of amides is 2. The van der Waals surface area contributed by atoms with Gasteiger partial charge in [0, 0.05) is 37.4 Å². The fourth-order valence-corrected chi connectivity index (χ4v) is 6.12. The summed E-state index contributed by atoms with van der Waals surface area (Å²) in [7, 11) is 0. The first-order valence-electron chi connectivity index (χ1n) is 22.6. The van der Waals surface area contributed by atoms with E-state index in [9.17, 15) is 14.0 Å². The van der Waals surface area contributed by atoms with Gasteiger partial charge in [-0.25, -0.2) is 4.39 Å². The Labute approximate surface area is 351 Å². The van der Waals surface area contributed by atoms with Gasteiger partial charge in [0.2, 0.25) is 12.3 Å². The number of hydrogen-bond acceptors (Lipinski definition) is 5. The Morgan fingerprint density at radius 3 is 2.00 bits per heavy atom. The van der Waals surface area contributed by atoms with E-state index in [0.717, 1.165) is 101 Å². The van der Waals surface area contributed by atoms with Crippen molar-refractivity contribution in [2.75, 3.05) is 39.3 Å². The molecule has 0 aliphatic rings. The molecular formula is C49H88FN5O2. The van der Waals surface area contributed by atoms with Crippen LogP contribution in [0.1, 0.15) is 156 Å². The summed E-state index contributed by atoms with van der Waals surface area (Å²) in [6.07, 6.45) is 16.4. The van der Waals surface area contributed by atoms with Gasteiger partial charge in [-0.05, 0) is 113 Å². The number of nitrogens with zero attached hydrogens (tertiary/aromatic N) is 1. The molecule has 2 rings (SSSR count). The summed E-state index contributed by atoms with van der Waals surface area (Å²) < 4.78 is 13.0. The van der Waals surface area contributed by atoms with Crippen molar-refractivity contribution in [3.05, 3.63) is 82.3 Å². The zero-order valence-electron chi connectivity index (χ0n) is 38.8. The molecule has 328 valence electrons. The molecule has 7 nitrogen and oxygen atoms in total. The van der Waals surface area contributed by atoms with Crippen molar-refractivity contribution >= 4 is 12.3 Å². The number of carbonyl (C=O) groups excluding carboxylic acids is 2. The van der Waals surface area contributed by atoms with Crippen LogP contribution in [0, 0.1) is 18.7 Å². The first kappa shape index (κ1) is 55.9. The summed E-state index contributed by atoms with van der Waals surface area (Å²) >= 11 is 0. The molecule has 0 saturated carbocycles. The molecule has 57 heavy (non-hydrogen) atoms. The Balaban J connectivity index is 0. The Hall–Kier alpha value is -3.23. The molecule has 2 unspecified atom stereocenters. The number of carbonyl (C=O) groups is 2. The topological polar surface area (TPSA) is 85.5 Å². The Kier molecular flexibility index (Phi) is 37.5. The highest BCUT2D eigenvalue weighted by atomic mass is 19.1. The van der Waals surface area contributed by atoms with Gasteiger partial charge in [0.05, 0.1) is 6.54 Å². The average Bonchev–Trinajstić information content (AvgIpc) is 3.18. The number of halogens is 1. The van der Waals surface area contributed by atoms with Crippen molar-refractivity contribution in [1.82, 2.24) is 26.2 Å². The lowest BCUT2D eigenvalue weighted by molar-refractivity contribution is -0.120. The first-order valence-corrected chi connectivity index (χ1v) is 22.6. The van der Waals surface area contributed by atoms with Crippen LogP contribution in [0.3, 0.4) is 0 Å². The van der Waals surface area contributed by atoms with Crippen LogP contribution in [-0.4, -0.2) is 68.6 Å². The van der Waals surface area contributed by atoms with Crippen molar-refractivity contribution in [1.29, 1.82) is 0 Å². The average molecular weight is 798 g/mol. The van der Waals surface area contributed by atoms with Gasteiger partial charge < -0.3 is 26.2 Å². The standard InChI is InChI=1S/C22H46N4O.C14H21NO.C10H13F.C3H8/c1-7-11-12-15-26(14-9-3)18-20(6)25-22(27)17-24-21(13-8-2)16-23-19(5)10-4;1-3-6-13-7-4-5-8-14(13)9-12(2)10-15-11-16;1-3-4-9-6-5-8(2)7-10(9)11;1-3-2/h13,19-20,23-24H,7-12,14-18H2,1-6H3,(H,25,27);4-5,7-8,11-12H,3,6,9-10H2,1-2H3,(H,15,16);5-7H,3-4H2,1-2H3;3H2,1-2H3/b21-13-;;;/t19-,20?;;;/m0.../s1. The first-order chi connectivity index (χ1) is 27.4. The maximum Gasteiger partial charge on any atom is 0.239 e. The summed E-state index contributed by atoms with van der Waals surface area (Å²) in [5.41, 5.74) is 5.79. The second kappa shape index (κ2) is 38.3. The van der Waals surface area contributed by atoms with Crippen LogP contribution in [0.15, 0.2) is 54.2 Å². The number of hydrogen-bond donors (Lipinski definition) is 4. The zero-order valence-corrected chi connectivity index (χ0v) is 38.8. The van der Waals surface area contributed by atoms with E-state index in [1.165, 1.54) is 43.2 Å². The zero-order chi connectivity index (χ0) is 43.3. The minimum absolute atomic E-state index is 0.0631. The van der Waals surface area contributed by atoms with Crippen LogP contribution in [-0.2, 0) is 28.9 Å². The molecule has 8 heteroatoms. The number of nitrogens with one attached hydrogen (secondary N) is 4. The summed E-state index contributed by atoms with van der Waals surface area (Å²) in [6, 6.07) is 14.7. The monoisotopic (exact) mass is 798 g/mol. The van der Waals surface area contributed by atoms with Crippen LogP contribution < -0.4 is 21.3 Å².